The number of nitro groups is 1. The molecule has 0 saturated heterocycles. The molecule has 0 atom stereocenters. The summed E-state index contributed by atoms with van der Waals surface area (Å²) in [5.41, 5.74) is 0.820. The third-order valence-electron chi connectivity index (χ3n) is 2.73. The first kappa shape index (κ1) is 16.0. The number of benzene rings is 2. The van der Waals surface area contributed by atoms with Crippen molar-refractivity contribution >= 4 is 46.0 Å². The summed E-state index contributed by atoms with van der Waals surface area (Å²) in [5, 5.41) is 17.6. The van der Waals surface area contributed by atoms with Gasteiger partial charge in [-0.3, -0.25) is 10.1 Å². The van der Waals surface area contributed by atoms with Crippen LogP contribution in [-0.2, 0) is 0 Å². The highest BCUT2D eigenvalue weighted by Crippen LogP contribution is 2.29. The van der Waals surface area contributed by atoms with Crippen LogP contribution >= 0.6 is 23.8 Å². The maximum atomic E-state index is 11.1. The molecular weight excluding hydrogens is 326 g/mol. The summed E-state index contributed by atoms with van der Waals surface area (Å²) < 4.78 is 4.98. The molecule has 0 fully saturated rings. The predicted molar refractivity (Wildman–Crippen MR) is 90.9 cm³/mol. The van der Waals surface area contributed by atoms with Crippen molar-refractivity contribution < 1.29 is 9.66 Å². The molecule has 0 aromatic heterocycles. The van der Waals surface area contributed by atoms with Crippen LogP contribution in [-0.4, -0.2) is 17.1 Å². The maximum Gasteiger partial charge on any atom is 0.296 e. The van der Waals surface area contributed by atoms with Crippen LogP contribution < -0.4 is 15.4 Å². The van der Waals surface area contributed by atoms with E-state index in [-0.39, 0.29) is 16.5 Å². The van der Waals surface area contributed by atoms with E-state index in [2.05, 4.69) is 10.6 Å². The summed E-state index contributed by atoms with van der Waals surface area (Å²) in [4.78, 5) is 10.6. The Morgan fingerprint density at radius 2 is 2.05 bits per heavy atom. The summed E-state index contributed by atoms with van der Waals surface area (Å²) in [6.45, 7) is 0. The van der Waals surface area contributed by atoms with E-state index in [1.807, 2.05) is 0 Å². The number of nitrogens with zero attached hydrogens (tertiary/aromatic N) is 1. The van der Waals surface area contributed by atoms with E-state index in [1.165, 1.54) is 19.2 Å². The Labute approximate surface area is 137 Å². The van der Waals surface area contributed by atoms with Gasteiger partial charge in [0.15, 0.2) is 5.11 Å². The second-order valence-corrected chi connectivity index (χ2v) is 5.07. The first-order valence-electron chi connectivity index (χ1n) is 6.15. The van der Waals surface area contributed by atoms with E-state index in [4.69, 9.17) is 28.6 Å². The molecule has 6 nitrogen and oxygen atoms in total. The number of halogens is 1. The number of anilines is 2. The molecule has 0 spiro atoms. The first-order chi connectivity index (χ1) is 10.5. The van der Waals surface area contributed by atoms with Gasteiger partial charge in [0.1, 0.15) is 11.4 Å². The average molecular weight is 338 g/mol. The molecule has 0 radical (unpaired) electrons. The van der Waals surface area contributed by atoms with E-state index >= 15 is 0 Å². The molecule has 114 valence electrons. The lowest BCUT2D eigenvalue weighted by atomic mass is 10.2. The van der Waals surface area contributed by atoms with Crippen LogP contribution in [0.2, 0.25) is 5.02 Å². The van der Waals surface area contributed by atoms with Crippen molar-refractivity contribution in [3.63, 3.8) is 0 Å². The third kappa shape index (κ3) is 4.06. The summed E-state index contributed by atoms with van der Waals surface area (Å²) in [7, 11) is 1.44. The van der Waals surface area contributed by atoms with Crippen LogP contribution in [0.15, 0.2) is 42.5 Å². The summed E-state index contributed by atoms with van der Waals surface area (Å²) in [6.07, 6.45) is 0. The van der Waals surface area contributed by atoms with Crippen molar-refractivity contribution in [2.24, 2.45) is 0 Å². The molecule has 2 rings (SSSR count). The van der Waals surface area contributed by atoms with Gasteiger partial charge in [-0.2, -0.15) is 0 Å². The monoisotopic (exact) mass is 337 g/mol. The zero-order valence-electron chi connectivity index (χ0n) is 11.5. The fraction of sp³-hybridized carbons (Fsp3) is 0.0714. The number of hydrogen-bond donors (Lipinski definition) is 2. The van der Waals surface area contributed by atoms with Gasteiger partial charge in [0.05, 0.1) is 18.1 Å². The third-order valence-corrected chi connectivity index (χ3v) is 3.17. The summed E-state index contributed by atoms with van der Waals surface area (Å²) >= 11 is 11.0. The molecule has 22 heavy (non-hydrogen) atoms. The lowest BCUT2D eigenvalue weighted by Gasteiger charge is -2.11. The van der Waals surface area contributed by atoms with E-state index in [0.717, 1.165) is 0 Å². The Morgan fingerprint density at radius 3 is 2.68 bits per heavy atom. The number of thiocarbonyl (C=S) groups is 1. The Kier molecular flexibility index (Phi) is 5.13. The Balaban J connectivity index is 2.16. The van der Waals surface area contributed by atoms with Crippen LogP contribution in [0.25, 0.3) is 0 Å². The molecule has 0 bridgehead atoms. The van der Waals surface area contributed by atoms with E-state index < -0.39 is 4.92 Å². The Bertz CT molecular complexity index is 724. The Hall–Kier alpha value is -2.38. The zero-order chi connectivity index (χ0) is 16.1. The van der Waals surface area contributed by atoms with E-state index in [0.29, 0.717) is 16.5 Å². The molecule has 0 saturated carbocycles. The second-order valence-electron chi connectivity index (χ2n) is 4.23. The predicted octanol–water partition coefficient (Wildman–Crippen LogP) is 4.07. The highest BCUT2D eigenvalue weighted by atomic mass is 35.5. The fourth-order valence-corrected chi connectivity index (χ4v) is 2.16. The van der Waals surface area contributed by atoms with Gasteiger partial charge < -0.3 is 15.4 Å². The number of methoxy groups -OCH3 is 1. The van der Waals surface area contributed by atoms with Crippen molar-refractivity contribution in [1.82, 2.24) is 0 Å². The smallest absolute Gasteiger partial charge is 0.296 e. The largest absolute Gasteiger partial charge is 0.496 e. The minimum atomic E-state index is -0.507. The van der Waals surface area contributed by atoms with Crippen LogP contribution in [0.3, 0.4) is 0 Å². The fourth-order valence-electron chi connectivity index (χ4n) is 1.75. The molecule has 0 aliphatic carbocycles. The Morgan fingerprint density at radius 1 is 1.27 bits per heavy atom. The molecule has 0 aliphatic rings. The molecule has 0 amide bonds. The van der Waals surface area contributed by atoms with E-state index in [9.17, 15) is 10.1 Å². The van der Waals surface area contributed by atoms with Gasteiger partial charge in [0, 0.05) is 10.7 Å². The SMILES string of the molecule is COc1ccc(NC(=S)Nc2cccc(Cl)c2)c([N+](=O)[O-])c1. The summed E-state index contributed by atoms with van der Waals surface area (Å²) in [6, 6.07) is 11.4. The molecule has 2 aromatic rings. The first-order valence-corrected chi connectivity index (χ1v) is 6.94. The highest BCUT2D eigenvalue weighted by molar-refractivity contribution is 7.80. The lowest BCUT2D eigenvalue weighted by Crippen LogP contribution is -2.19. The lowest BCUT2D eigenvalue weighted by molar-refractivity contribution is -0.384. The molecule has 2 aromatic carbocycles. The van der Waals surface area contributed by atoms with Crippen molar-refractivity contribution in [2.45, 2.75) is 0 Å². The number of rotatable bonds is 4. The van der Waals surface area contributed by atoms with Crippen LogP contribution in [0, 0.1) is 10.1 Å². The van der Waals surface area contributed by atoms with Gasteiger partial charge in [-0.25, -0.2) is 0 Å². The number of ether oxygens (including phenoxy) is 1. The van der Waals surface area contributed by atoms with E-state index in [1.54, 1.807) is 30.3 Å². The van der Waals surface area contributed by atoms with Gasteiger partial charge in [0.2, 0.25) is 0 Å². The molecule has 0 heterocycles. The standard InChI is InChI=1S/C14H12ClN3O3S/c1-21-11-5-6-12(13(8-11)18(19)20)17-14(22)16-10-4-2-3-9(15)7-10/h2-8H,1H3,(H2,16,17,22). The van der Waals surface area contributed by atoms with Gasteiger partial charge >= 0.3 is 0 Å². The molecule has 0 aliphatic heterocycles. The van der Waals surface area contributed by atoms with Crippen molar-refractivity contribution in [2.75, 3.05) is 17.7 Å². The van der Waals surface area contributed by atoms with Gasteiger partial charge in [-0.1, -0.05) is 17.7 Å². The summed E-state index contributed by atoms with van der Waals surface area (Å²) in [5.74, 6) is 0.394. The minimum absolute atomic E-state index is 0.130. The van der Waals surface area contributed by atoms with Crippen molar-refractivity contribution in [1.29, 1.82) is 0 Å². The molecule has 8 heteroatoms. The second kappa shape index (κ2) is 7.06. The normalized spacial score (nSPS) is 9.91. The number of hydrogen-bond acceptors (Lipinski definition) is 4. The van der Waals surface area contributed by atoms with Crippen LogP contribution in [0.5, 0.6) is 5.75 Å². The average Bonchev–Trinajstić information content (AvgIpc) is 2.47. The highest BCUT2D eigenvalue weighted by Gasteiger charge is 2.16. The minimum Gasteiger partial charge on any atom is -0.496 e. The number of nitro benzene ring substituents is 1. The van der Waals surface area contributed by atoms with Crippen molar-refractivity contribution in [3.8, 4) is 5.75 Å². The molecule has 0 unspecified atom stereocenters. The molecule has 2 N–H and O–H groups in total. The van der Waals surface area contributed by atoms with Gasteiger partial charge in [0.25, 0.3) is 5.69 Å². The van der Waals surface area contributed by atoms with Gasteiger partial charge in [-0.05, 0) is 42.5 Å². The van der Waals surface area contributed by atoms with Crippen molar-refractivity contribution in [3.05, 3.63) is 57.6 Å². The van der Waals surface area contributed by atoms with Crippen LogP contribution in [0.1, 0.15) is 0 Å². The topological polar surface area (TPSA) is 76.4 Å². The molecular formula is C14H12ClN3O3S. The van der Waals surface area contributed by atoms with Gasteiger partial charge in [-0.15, -0.1) is 0 Å². The maximum absolute atomic E-state index is 11.1. The number of nitrogens with one attached hydrogen (secondary N) is 2. The zero-order valence-corrected chi connectivity index (χ0v) is 13.1. The quantitative estimate of drug-likeness (QED) is 0.497. The van der Waals surface area contributed by atoms with Crippen LogP contribution in [0.4, 0.5) is 17.1 Å².